The molecule has 0 aliphatic heterocycles. The molecule has 0 aromatic carbocycles. The summed E-state index contributed by atoms with van der Waals surface area (Å²) < 4.78 is 5.14. The van der Waals surface area contributed by atoms with E-state index >= 15 is 0 Å². The van der Waals surface area contributed by atoms with E-state index in [9.17, 15) is 5.11 Å². The summed E-state index contributed by atoms with van der Waals surface area (Å²) in [4.78, 5) is 0. The van der Waals surface area contributed by atoms with Crippen molar-refractivity contribution in [2.24, 2.45) is 0 Å². The van der Waals surface area contributed by atoms with Gasteiger partial charge in [-0.1, -0.05) is 26.2 Å². The van der Waals surface area contributed by atoms with Gasteiger partial charge in [0.15, 0.2) is 0 Å². The van der Waals surface area contributed by atoms with Gasteiger partial charge in [0.1, 0.15) is 12.2 Å². The average Bonchev–Trinajstić information content (AvgIpc) is 2.21. The molecule has 14 heavy (non-hydrogen) atoms. The van der Waals surface area contributed by atoms with Crippen LogP contribution in [0.4, 0.5) is 0 Å². The second kappa shape index (κ2) is 9.40. The molecule has 3 N–H and O–H groups in total. The number of rotatable bonds is 9. The summed E-state index contributed by atoms with van der Waals surface area (Å²) in [5.41, 5.74) is 0. The second-order valence-electron chi connectivity index (χ2n) is 3.45. The number of unbranched alkanes of at least 4 members (excludes halogenated alkanes) is 3. The molecule has 0 aliphatic carbocycles. The highest BCUT2D eigenvalue weighted by Crippen LogP contribution is 2.00. The largest absolute Gasteiger partial charge is 0.394 e. The third-order valence-electron chi connectivity index (χ3n) is 2.06. The van der Waals surface area contributed by atoms with Crippen LogP contribution in [0.25, 0.3) is 0 Å². The first kappa shape index (κ1) is 13.8. The molecule has 2 atom stereocenters. The Morgan fingerprint density at radius 3 is 2.36 bits per heavy atom. The lowest BCUT2D eigenvalue weighted by Gasteiger charge is -2.15. The molecule has 0 aromatic heterocycles. The number of ether oxygens (including phenoxy) is 1. The zero-order valence-electron chi connectivity index (χ0n) is 8.85. The molecule has 0 bridgehead atoms. The van der Waals surface area contributed by atoms with Crippen LogP contribution in [0.1, 0.15) is 32.6 Å². The lowest BCUT2D eigenvalue weighted by atomic mass is 10.2. The normalized spacial score (nSPS) is 15.4. The Bertz CT molecular complexity index is 119. The van der Waals surface area contributed by atoms with Crippen LogP contribution >= 0.6 is 0 Å². The van der Waals surface area contributed by atoms with Crippen LogP contribution in [-0.2, 0) is 4.74 Å². The summed E-state index contributed by atoms with van der Waals surface area (Å²) in [5.74, 6) is 0. The number of aliphatic hydroxyl groups excluding tert-OH is 3. The van der Waals surface area contributed by atoms with Gasteiger partial charge >= 0.3 is 0 Å². The molecular weight excluding hydrogens is 184 g/mol. The molecule has 4 nitrogen and oxygen atoms in total. The van der Waals surface area contributed by atoms with Crippen molar-refractivity contribution in [2.45, 2.75) is 44.8 Å². The summed E-state index contributed by atoms with van der Waals surface area (Å²) in [6.45, 7) is 2.41. The van der Waals surface area contributed by atoms with E-state index in [1.165, 1.54) is 12.8 Å². The molecule has 0 rings (SSSR count). The van der Waals surface area contributed by atoms with Crippen molar-refractivity contribution < 1.29 is 20.1 Å². The smallest absolute Gasteiger partial charge is 0.105 e. The summed E-state index contributed by atoms with van der Waals surface area (Å²) >= 11 is 0. The Morgan fingerprint density at radius 2 is 1.79 bits per heavy atom. The van der Waals surface area contributed by atoms with E-state index < -0.39 is 18.8 Å². The van der Waals surface area contributed by atoms with Crippen molar-refractivity contribution >= 4 is 0 Å². The molecule has 0 heterocycles. The van der Waals surface area contributed by atoms with Crippen molar-refractivity contribution in [3.8, 4) is 0 Å². The standard InChI is InChI=1S/C10H22O4/c1-2-3-4-5-6-14-8-10(13)9(12)7-11/h9-13H,2-8H2,1H3. The van der Waals surface area contributed by atoms with Gasteiger partial charge in [-0.2, -0.15) is 0 Å². The predicted octanol–water partition coefficient (Wildman–Crippen LogP) is 0.297. The average molecular weight is 206 g/mol. The monoisotopic (exact) mass is 206 g/mol. The van der Waals surface area contributed by atoms with E-state index in [1.54, 1.807) is 0 Å². The minimum atomic E-state index is -1.09. The van der Waals surface area contributed by atoms with Crippen LogP contribution in [0.5, 0.6) is 0 Å². The number of aliphatic hydroxyl groups is 3. The first-order valence-corrected chi connectivity index (χ1v) is 5.27. The summed E-state index contributed by atoms with van der Waals surface area (Å²) in [6, 6.07) is 0. The maximum atomic E-state index is 9.19. The second-order valence-corrected chi connectivity index (χ2v) is 3.45. The van der Waals surface area contributed by atoms with Crippen LogP contribution in [0.15, 0.2) is 0 Å². The Hall–Kier alpha value is -0.160. The third-order valence-corrected chi connectivity index (χ3v) is 2.06. The van der Waals surface area contributed by atoms with E-state index in [4.69, 9.17) is 14.9 Å². The van der Waals surface area contributed by atoms with Crippen molar-refractivity contribution in [3.63, 3.8) is 0 Å². The molecule has 2 unspecified atom stereocenters. The van der Waals surface area contributed by atoms with Crippen molar-refractivity contribution in [2.75, 3.05) is 19.8 Å². The lowest BCUT2D eigenvalue weighted by Crippen LogP contribution is -2.33. The molecule has 0 saturated carbocycles. The lowest BCUT2D eigenvalue weighted by molar-refractivity contribution is -0.0571. The zero-order valence-corrected chi connectivity index (χ0v) is 8.85. The summed E-state index contributed by atoms with van der Waals surface area (Å²) in [7, 11) is 0. The molecular formula is C10H22O4. The maximum Gasteiger partial charge on any atom is 0.105 e. The van der Waals surface area contributed by atoms with Crippen molar-refractivity contribution in [1.29, 1.82) is 0 Å². The third kappa shape index (κ3) is 7.26. The molecule has 0 fully saturated rings. The SMILES string of the molecule is CCCCCCOCC(O)C(O)CO. The van der Waals surface area contributed by atoms with Crippen molar-refractivity contribution in [3.05, 3.63) is 0 Å². The van der Waals surface area contributed by atoms with E-state index in [0.717, 1.165) is 12.8 Å². The van der Waals surface area contributed by atoms with Gasteiger partial charge in [0.05, 0.1) is 13.2 Å². The van der Waals surface area contributed by atoms with Gasteiger partial charge in [-0.25, -0.2) is 0 Å². The fourth-order valence-electron chi connectivity index (χ4n) is 1.07. The highest BCUT2D eigenvalue weighted by atomic mass is 16.5. The Kier molecular flexibility index (Phi) is 9.29. The fraction of sp³-hybridized carbons (Fsp3) is 1.00. The Balaban J connectivity index is 3.18. The first-order valence-electron chi connectivity index (χ1n) is 5.27. The molecule has 0 aromatic rings. The molecule has 0 aliphatic rings. The van der Waals surface area contributed by atoms with E-state index in [1.807, 2.05) is 0 Å². The predicted molar refractivity (Wildman–Crippen MR) is 54.1 cm³/mol. The van der Waals surface area contributed by atoms with Crippen LogP contribution < -0.4 is 0 Å². The van der Waals surface area contributed by atoms with Gasteiger partial charge in [0.25, 0.3) is 0 Å². The highest BCUT2D eigenvalue weighted by molar-refractivity contribution is 4.64. The van der Waals surface area contributed by atoms with Crippen molar-refractivity contribution in [1.82, 2.24) is 0 Å². The zero-order chi connectivity index (χ0) is 10.8. The molecule has 0 saturated heterocycles. The number of hydrogen-bond acceptors (Lipinski definition) is 4. The molecule has 0 radical (unpaired) electrons. The minimum Gasteiger partial charge on any atom is -0.394 e. The van der Waals surface area contributed by atoms with Crippen LogP contribution in [0, 0.1) is 0 Å². The Labute approximate surface area is 85.5 Å². The first-order chi connectivity index (χ1) is 6.72. The van der Waals surface area contributed by atoms with Gasteiger partial charge in [0, 0.05) is 6.61 Å². The van der Waals surface area contributed by atoms with Gasteiger partial charge in [-0.05, 0) is 6.42 Å². The molecule has 0 spiro atoms. The topological polar surface area (TPSA) is 69.9 Å². The quantitative estimate of drug-likeness (QED) is 0.474. The molecule has 0 amide bonds. The number of hydrogen-bond donors (Lipinski definition) is 3. The van der Waals surface area contributed by atoms with E-state index in [2.05, 4.69) is 6.92 Å². The van der Waals surface area contributed by atoms with Crippen LogP contribution in [0.3, 0.4) is 0 Å². The highest BCUT2D eigenvalue weighted by Gasteiger charge is 2.14. The maximum absolute atomic E-state index is 9.19. The van der Waals surface area contributed by atoms with Gasteiger partial charge in [-0.15, -0.1) is 0 Å². The van der Waals surface area contributed by atoms with E-state index in [-0.39, 0.29) is 6.61 Å². The van der Waals surface area contributed by atoms with Gasteiger partial charge < -0.3 is 20.1 Å². The Morgan fingerprint density at radius 1 is 1.07 bits per heavy atom. The molecule has 4 heteroatoms. The molecule has 86 valence electrons. The minimum absolute atomic E-state index is 0.0911. The summed E-state index contributed by atoms with van der Waals surface area (Å²) in [6.07, 6.45) is 2.43. The van der Waals surface area contributed by atoms with Crippen LogP contribution in [-0.4, -0.2) is 47.3 Å². The van der Waals surface area contributed by atoms with E-state index in [0.29, 0.717) is 6.61 Å². The van der Waals surface area contributed by atoms with Gasteiger partial charge in [0.2, 0.25) is 0 Å². The van der Waals surface area contributed by atoms with Crippen LogP contribution in [0.2, 0.25) is 0 Å². The summed E-state index contributed by atoms with van der Waals surface area (Å²) in [5, 5.41) is 26.7. The fourth-order valence-corrected chi connectivity index (χ4v) is 1.07. The van der Waals surface area contributed by atoms with Gasteiger partial charge in [-0.3, -0.25) is 0 Å².